The Morgan fingerprint density at radius 1 is 1.09 bits per heavy atom. The van der Waals surface area contributed by atoms with Crippen LogP contribution in [0, 0.1) is 12.8 Å². The molecular weight excluding hydrogens is 588 g/mol. The Morgan fingerprint density at radius 2 is 1.87 bits per heavy atom. The number of amides is 2. The molecule has 1 aliphatic heterocycles. The fraction of sp³-hybridized carbons (Fsp3) is 0.361. The van der Waals surface area contributed by atoms with Crippen molar-refractivity contribution in [3.63, 3.8) is 0 Å². The Hall–Kier alpha value is -3.98. The number of hydrogen-bond acceptors (Lipinski definition) is 6. The van der Waals surface area contributed by atoms with Crippen LogP contribution in [0.1, 0.15) is 52.7 Å². The van der Waals surface area contributed by atoms with Crippen LogP contribution in [-0.4, -0.2) is 60.8 Å². The normalized spacial score (nSPS) is 16.3. The van der Waals surface area contributed by atoms with E-state index < -0.39 is 11.7 Å². The first kappa shape index (κ1) is 32.4. The van der Waals surface area contributed by atoms with Gasteiger partial charge < -0.3 is 25.4 Å². The van der Waals surface area contributed by atoms with Crippen molar-refractivity contribution in [3.8, 4) is 11.3 Å². The van der Waals surface area contributed by atoms with Crippen LogP contribution < -0.4 is 10.6 Å². The van der Waals surface area contributed by atoms with Crippen LogP contribution >= 0.6 is 11.6 Å². The molecule has 2 unspecified atom stereocenters. The summed E-state index contributed by atoms with van der Waals surface area (Å²) in [6, 6.07) is 23.3. The molecule has 0 saturated carbocycles. The van der Waals surface area contributed by atoms with Crippen LogP contribution in [0.5, 0.6) is 0 Å². The standard InChI is InChI=1S/C36H41ClN4O4/c1-24-8-4-9-26-17-18-31(40-33(24)26)32-29(11-5-12-30(32)37)36(44,19-7-20-39-35(43)45-3)28-10-6-21-41(23-28)34(42)27-15-13-25(14-16-27)22-38-2/h4-5,8-9,11-18,28,38,44H,6-7,10,19-23H2,1-3H3,(H,39,43). The molecule has 9 heteroatoms. The fourth-order valence-electron chi connectivity index (χ4n) is 6.46. The molecule has 0 aliphatic carbocycles. The van der Waals surface area contributed by atoms with Crippen molar-refractivity contribution in [1.29, 1.82) is 0 Å². The van der Waals surface area contributed by atoms with E-state index in [-0.39, 0.29) is 11.8 Å². The number of nitrogens with zero attached hydrogens (tertiary/aromatic N) is 2. The monoisotopic (exact) mass is 628 g/mol. The molecule has 4 aromatic rings. The first-order valence-electron chi connectivity index (χ1n) is 15.5. The van der Waals surface area contributed by atoms with Crippen LogP contribution in [0.15, 0.2) is 72.8 Å². The molecule has 2 atom stereocenters. The summed E-state index contributed by atoms with van der Waals surface area (Å²) in [7, 11) is 3.21. The number of pyridine rings is 1. The molecule has 1 aliphatic rings. The number of aryl methyl sites for hydroxylation is 1. The van der Waals surface area contributed by atoms with Crippen molar-refractivity contribution < 1.29 is 19.4 Å². The summed E-state index contributed by atoms with van der Waals surface area (Å²) < 4.78 is 4.74. The Balaban J connectivity index is 1.52. The maximum Gasteiger partial charge on any atom is 0.406 e. The number of hydrogen-bond donors (Lipinski definition) is 3. The van der Waals surface area contributed by atoms with Gasteiger partial charge in [0.1, 0.15) is 0 Å². The predicted octanol–water partition coefficient (Wildman–Crippen LogP) is 6.46. The van der Waals surface area contributed by atoms with E-state index in [0.29, 0.717) is 59.9 Å². The van der Waals surface area contributed by atoms with Gasteiger partial charge in [-0.05, 0) is 80.6 Å². The first-order valence-corrected chi connectivity index (χ1v) is 15.9. The van der Waals surface area contributed by atoms with Crippen LogP contribution in [0.3, 0.4) is 0 Å². The second-order valence-corrected chi connectivity index (χ2v) is 12.2. The van der Waals surface area contributed by atoms with E-state index in [1.54, 1.807) is 0 Å². The van der Waals surface area contributed by atoms with Crippen molar-refractivity contribution >= 4 is 34.5 Å². The Kier molecular flexibility index (Phi) is 10.4. The van der Waals surface area contributed by atoms with E-state index in [9.17, 15) is 14.7 Å². The Morgan fingerprint density at radius 3 is 2.62 bits per heavy atom. The van der Waals surface area contributed by atoms with Gasteiger partial charge in [0.15, 0.2) is 0 Å². The fourth-order valence-corrected chi connectivity index (χ4v) is 6.73. The van der Waals surface area contributed by atoms with Gasteiger partial charge in [-0.1, -0.05) is 60.1 Å². The summed E-state index contributed by atoms with van der Waals surface area (Å²) in [6.07, 6.45) is 1.78. The number of aliphatic hydroxyl groups is 1. The third-order valence-corrected chi connectivity index (χ3v) is 9.13. The second-order valence-electron chi connectivity index (χ2n) is 11.8. The van der Waals surface area contributed by atoms with Gasteiger partial charge in [0, 0.05) is 48.6 Å². The van der Waals surface area contributed by atoms with Crippen molar-refractivity contribution in [2.45, 2.75) is 44.8 Å². The van der Waals surface area contributed by atoms with Gasteiger partial charge in [-0.3, -0.25) is 4.79 Å². The van der Waals surface area contributed by atoms with Gasteiger partial charge in [0.25, 0.3) is 5.91 Å². The number of rotatable bonds is 10. The van der Waals surface area contributed by atoms with E-state index >= 15 is 0 Å². The third-order valence-electron chi connectivity index (χ3n) is 8.81. The van der Waals surface area contributed by atoms with Crippen molar-refractivity contribution in [1.82, 2.24) is 20.5 Å². The zero-order valence-corrected chi connectivity index (χ0v) is 26.9. The molecule has 1 aromatic heterocycles. The zero-order chi connectivity index (χ0) is 32.0. The Labute approximate surface area is 269 Å². The number of likely N-dealkylation sites (tertiary alicyclic amines) is 1. The van der Waals surface area contributed by atoms with Crippen LogP contribution in [0.2, 0.25) is 5.02 Å². The number of aromatic nitrogens is 1. The summed E-state index contributed by atoms with van der Waals surface area (Å²) in [5.74, 6) is -0.334. The van der Waals surface area contributed by atoms with Gasteiger partial charge >= 0.3 is 6.09 Å². The van der Waals surface area contributed by atoms with Gasteiger partial charge in [-0.15, -0.1) is 0 Å². The first-order chi connectivity index (χ1) is 21.7. The smallest absolute Gasteiger partial charge is 0.406 e. The van der Waals surface area contributed by atoms with E-state index in [2.05, 4.69) is 10.6 Å². The maximum atomic E-state index is 13.7. The number of carbonyl (C=O) groups excluding carboxylic acids is 2. The summed E-state index contributed by atoms with van der Waals surface area (Å²) in [5, 5.41) is 20.2. The average molecular weight is 629 g/mol. The number of carbonyl (C=O) groups is 2. The summed E-state index contributed by atoms with van der Waals surface area (Å²) in [5.41, 5.74) is 4.31. The second kappa shape index (κ2) is 14.4. The number of nitrogens with one attached hydrogen (secondary N) is 2. The molecular formula is C36H41ClN4O4. The molecule has 3 N–H and O–H groups in total. The molecule has 2 heterocycles. The number of piperidine rings is 1. The van der Waals surface area contributed by atoms with Crippen molar-refractivity contribution in [2.24, 2.45) is 5.92 Å². The number of alkyl carbamates (subject to hydrolysis) is 1. The van der Waals surface area contributed by atoms with Gasteiger partial charge in [-0.25, -0.2) is 9.78 Å². The minimum absolute atomic E-state index is 0.0524. The SMILES string of the molecule is CNCc1ccc(C(=O)N2CCCC(C(O)(CCCNC(=O)OC)c3cccc(Cl)c3-c3ccc4cccc(C)c4n3)C2)cc1. The number of para-hydroxylation sites is 1. The van der Waals surface area contributed by atoms with Crippen LogP contribution in [0.4, 0.5) is 4.79 Å². The molecule has 3 aromatic carbocycles. The van der Waals surface area contributed by atoms with Gasteiger partial charge in [0.05, 0.1) is 28.9 Å². The minimum Gasteiger partial charge on any atom is -0.453 e. The quantitative estimate of drug-likeness (QED) is 0.174. The lowest BCUT2D eigenvalue weighted by Crippen LogP contribution is -2.48. The topological polar surface area (TPSA) is 104 Å². The lowest BCUT2D eigenvalue weighted by molar-refractivity contribution is -0.0563. The highest BCUT2D eigenvalue weighted by atomic mass is 35.5. The number of fused-ring (bicyclic) bond motifs is 1. The summed E-state index contributed by atoms with van der Waals surface area (Å²) >= 11 is 6.92. The predicted molar refractivity (Wildman–Crippen MR) is 178 cm³/mol. The molecule has 0 radical (unpaired) electrons. The summed E-state index contributed by atoms with van der Waals surface area (Å²) in [6.45, 7) is 4.08. The number of methoxy groups -OCH3 is 1. The third kappa shape index (κ3) is 7.14. The highest BCUT2D eigenvalue weighted by Gasteiger charge is 2.43. The van der Waals surface area contributed by atoms with Crippen molar-refractivity contribution in [3.05, 3.63) is 100 Å². The lowest BCUT2D eigenvalue weighted by Gasteiger charge is -2.43. The number of halogens is 1. The Bertz CT molecular complexity index is 1660. The molecule has 5 rings (SSSR count). The highest BCUT2D eigenvalue weighted by Crippen LogP contribution is 2.45. The molecule has 1 fully saturated rings. The summed E-state index contributed by atoms with van der Waals surface area (Å²) in [4.78, 5) is 32.3. The van der Waals surface area contributed by atoms with Crippen LogP contribution in [-0.2, 0) is 16.9 Å². The highest BCUT2D eigenvalue weighted by molar-refractivity contribution is 6.33. The molecule has 236 valence electrons. The minimum atomic E-state index is -1.37. The molecule has 0 spiro atoms. The lowest BCUT2D eigenvalue weighted by atomic mass is 9.72. The van der Waals surface area contributed by atoms with E-state index in [1.165, 1.54) is 7.11 Å². The maximum absolute atomic E-state index is 13.7. The van der Waals surface area contributed by atoms with Gasteiger partial charge in [0.2, 0.25) is 0 Å². The van der Waals surface area contributed by atoms with E-state index in [1.807, 2.05) is 91.7 Å². The zero-order valence-electron chi connectivity index (χ0n) is 26.1. The molecule has 2 amide bonds. The number of ether oxygens (including phenoxy) is 1. The van der Waals surface area contributed by atoms with Crippen LogP contribution in [0.25, 0.3) is 22.2 Å². The molecule has 8 nitrogen and oxygen atoms in total. The molecule has 45 heavy (non-hydrogen) atoms. The average Bonchev–Trinajstić information content (AvgIpc) is 3.06. The largest absolute Gasteiger partial charge is 0.453 e. The van der Waals surface area contributed by atoms with Crippen molar-refractivity contribution in [2.75, 3.05) is 33.8 Å². The molecule has 0 bridgehead atoms. The van der Waals surface area contributed by atoms with E-state index in [4.69, 9.17) is 21.3 Å². The molecule has 1 saturated heterocycles. The van der Waals surface area contributed by atoms with Gasteiger partial charge in [-0.2, -0.15) is 0 Å². The van der Waals surface area contributed by atoms with E-state index in [0.717, 1.165) is 41.4 Å². The number of benzene rings is 3.